The molecule has 2 unspecified atom stereocenters. The molecule has 0 aromatic carbocycles. The van der Waals surface area contributed by atoms with Crippen molar-refractivity contribution in [2.45, 2.75) is 78.2 Å². The summed E-state index contributed by atoms with van der Waals surface area (Å²) in [7, 11) is 0. The Morgan fingerprint density at radius 3 is 2.25 bits per heavy atom. The molecule has 0 radical (unpaired) electrons. The highest BCUT2D eigenvalue weighted by molar-refractivity contribution is 5.79. The van der Waals surface area contributed by atoms with E-state index in [9.17, 15) is 4.79 Å². The zero-order valence-electron chi connectivity index (χ0n) is 13.7. The van der Waals surface area contributed by atoms with Gasteiger partial charge in [0.2, 0.25) is 5.91 Å². The minimum absolute atomic E-state index is 0.227. The van der Waals surface area contributed by atoms with E-state index in [1.807, 2.05) is 0 Å². The van der Waals surface area contributed by atoms with Crippen LogP contribution < -0.4 is 5.73 Å². The molecule has 2 atom stereocenters. The van der Waals surface area contributed by atoms with Gasteiger partial charge in [-0.25, -0.2) is 0 Å². The summed E-state index contributed by atoms with van der Waals surface area (Å²) in [4.78, 5) is 15.1. The van der Waals surface area contributed by atoms with Gasteiger partial charge in [0.15, 0.2) is 0 Å². The second-order valence-corrected chi connectivity index (χ2v) is 6.25. The summed E-state index contributed by atoms with van der Waals surface area (Å²) < 4.78 is 0. The molecule has 3 heteroatoms. The molecule has 1 aliphatic rings. The minimum Gasteiger partial charge on any atom is -0.339 e. The number of hydrogen-bond donors (Lipinski definition) is 1. The van der Waals surface area contributed by atoms with Crippen LogP contribution in [0.15, 0.2) is 0 Å². The predicted octanol–water partition coefficient (Wildman–Crippen LogP) is 3.57. The molecule has 0 saturated heterocycles. The van der Waals surface area contributed by atoms with Crippen LogP contribution in [0, 0.1) is 11.8 Å². The van der Waals surface area contributed by atoms with Gasteiger partial charge >= 0.3 is 0 Å². The Morgan fingerprint density at radius 2 is 1.75 bits per heavy atom. The summed E-state index contributed by atoms with van der Waals surface area (Å²) in [5, 5.41) is 0. The molecule has 1 aliphatic carbocycles. The summed E-state index contributed by atoms with van der Waals surface area (Å²) in [6.07, 6.45) is 9.11. The Labute approximate surface area is 125 Å². The van der Waals surface area contributed by atoms with Crippen molar-refractivity contribution in [1.29, 1.82) is 0 Å². The fourth-order valence-electron chi connectivity index (χ4n) is 3.75. The second kappa shape index (κ2) is 9.38. The highest BCUT2D eigenvalue weighted by Gasteiger charge is 2.33. The summed E-state index contributed by atoms with van der Waals surface area (Å²) in [5.74, 6) is 1.13. The van der Waals surface area contributed by atoms with Crippen LogP contribution in [0.4, 0.5) is 0 Å². The van der Waals surface area contributed by atoms with E-state index in [1.165, 1.54) is 19.3 Å². The van der Waals surface area contributed by atoms with Crippen LogP contribution in [0.25, 0.3) is 0 Å². The van der Waals surface area contributed by atoms with Crippen LogP contribution in [0.3, 0.4) is 0 Å². The number of nitrogens with zero attached hydrogens (tertiary/aromatic N) is 1. The lowest BCUT2D eigenvalue weighted by Crippen LogP contribution is -2.49. The third-order valence-corrected chi connectivity index (χ3v) is 4.82. The normalized spacial score (nSPS) is 23.1. The van der Waals surface area contributed by atoms with Gasteiger partial charge in [-0.05, 0) is 45.1 Å². The quantitative estimate of drug-likeness (QED) is 0.740. The van der Waals surface area contributed by atoms with Crippen LogP contribution in [-0.4, -0.2) is 29.9 Å². The van der Waals surface area contributed by atoms with Crippen LogP contribution >= 0.6 is 0 Å². The molecular weight excluding hydrogens is 248 g/mol. The van der Waals surface area contributed by atoms with Crippen molar-refractivity contribution in [1.82, 2.24) is 4.90 Å². The van der Waals surface area contributed by atoms with Gasteiger partial charge in [0.25, 0.3) is 0 Å². The maximum absolute atomic E-state index is 12.9. The molecule has 0 heterocycles. The van der Waals surface area contributed by atoms with Crippen LogP contribution in [0.1, 0.15) is 72.1 Å². The molecule has 3 nitrogen and oxygen atoms in total. The molecule has 118 valence electrons. The molecular formula is C17H34N2O. The van der Waals surface area contributed by atoms with Gasteiger partial charge in [0.05, 0.1) is 0 Å². The lowest BCUT2D eigenvalue weighted by molar-refractivity contribution is -0.140. The third kappa shape index (κ3) is 4.47. The Bertz CT molecular complexity index is 274. The van der Waals surface area contributed by atoms with Crippen LogP contribution in [-0.2, 0) is 4.79 Å². The van der Waals surface area contributed by atoms with Crippen LogP contribution in [0.5, 0.6) is 0 Å². The maximum Gasteiger partial charge on any atom is 0.225 e. The Balaban J connectivity index is 2.77. The maximum atomic E-state index is 12.9. The SMILES string of the molecule is CCCC(CCC)C(=O)N(CC)C1CCCCC1CN. The van der Waals surface area contributed by atoms with Gasteiger partial charge in [0, 0.05) is 18.5 Å². The van der Waals surface area contributed by atoms with E-state index >= 15 is 0 Å². The van der Waals surface area contributed by atoms with Crippen molar-refractivity contribution in [3.8, 4) is 0 Å². The van der Waals surface area contributed by atoms with Crippen molar-refractivity contribution >= 4 is 5.91 Å². The van der Waals surface area contributed by atoms with Crippen LogP contribution in [0.2, 0.25) is 0 Å². The highest BCUT2D eigenvalue weighted by Crippen LogP contribution is 2.30. The average molecular weight is 282 g/mol. The molecule has 1 amide bonds. The van der Waals surface area contributed by atoms with Crippen molar-refractivity contribution in [3.63, 3.8) is 0 Å². The summed E-state index contributed by atoms with van der Waals surface area (Å²) in [6, 6.07) is 0.391. The van der Waals surface area contributed by atoms with E-state index in [-0.39, 0.29) is 5.92 Å². The van der Waals surface area contributed by atoms with Gasteiger partial charge in [0.1, 0.15) is 0 Å². The van der Waals surface area contributed by atoms with E-state index in [2.05, 4.69) is 25.7 Å². The molecule has 1 fully saturated rings. The zero-order valence-corrected chi connectivity index (χ0v) is 13.7. The summed E-state index contributed by atoms with van der Waals surface area (Å²) in [5.41, 5.74) is 5.94. The molecule has 0 spiro atoms. The lowest BCUT2D eigenvalue weighted by atomic mass is 9.82. The number of amides is 1. The average Bonchev–Trinajstić information content (AvgIpc) is 2.48. The molecule has 0 aromatic rings. The highest BCUT2D eigenvalue weighted by atomic mass is 16.2. The fraction of sp³-hybridized carbons (Fsp3) is 0.941. The number of nitrogens with two attached hydrogens (primary N) is 1. The Kier molecular flexibility index (Phi) is 8.20. The first-order valence-corrected chi connectivity index (χ1v) is 8.69. The van der Waals surface area contributed by atoms with Gasteiger partial charge < -0.3 is 10.6 Å². The fourth-order valence-corrected chi connectivity index (χ4v) is 3.75. The molecule has 1 saturated carbocycles. The van der Waals surface area contributed by atoms with Crippen molar-refractivity contribution in [3.05, 3.63) is 0 Å². The monoisotopic (exact) mass is 282 g/mol. The largest absolute Gasteiger partial charge is 0.339 e. The standard InChI is InChI=1S/C17H34N2O/c1-4-9-14(10-5-2)17(20)19(6-3)16-12-8-7-11-15(16)13-18/h14-16H,4-13,18H2,1-3H3. The minimum atomic E-state index is 0.227. The van der Waals surface area contributed by atoms with E-state index in [1.54, 1.807) is 0 Å². The van der Waals surface area contributed by atoms with E-state index in [0.717, 1.165) is 45.2 Å². The Hall–Kier alpha value is -0.570. The molecule has 2 N–H and O–H groups in total. The number of hydrogen-bond acceptors (Lipinski definition) is 2. The van der Waals surface area contributed by atoms with Crippen molar-refractivity contribution < 1.29 is 4.79 Å². The Morgan fingerprint density at radius 1 is 1.15 bits per heavy atom. The second-order valence-electron chi connectivity index (χ2n) is 6.25. The number of carbonyl (C=O) groups excluding carboxylic acids is 1. The number of carbonyl (C=O) groups is 1. The summed E-state index contributed by atoms with van der Waals surface area (Å²) >= 11 is 0. The number of rotatable bonds is 8. The van der Waals surface area contributed by atoms with Gasteiger partial charge in [-0.15, -0.1) is 0 Å². The van der Waals surface area contributed by atoms with Gasteiger partial charge in [-0.3, -0.25) is 4.79 Å². The molecule has 0 aromatic heterocycles. The first-order chi connectivity index (χ1) is 9.69. The smallest absolute Gasteiger partial charge is 0.225 e. The third-order valence-electron chi connectivity index (χ3n) is 4.82. The van der Waals surface area contributed by atoms with Gasteiger partial charge in [-0.1, -0.05) is 39.5 Å². The first kappa shape index (κ1) is 17.5. The molecule has 0 aliphatic heterocycles. The summed E-state index contributed by atoms with van der Waals surface area (Å²) in [6.45, 7) is 8.03. The van der Waals surface area contributed by atoms with E-state index in [4.69, 9.17) is 5.73 Å². The topological polar surface area (TPSA) is 46.3 Å². The predicted molar refractivity (Wildman–Crippen MR) is 85.5 cm³/mol. The molecule has 1 rings (SSSR count). The lowest BCUT2D eigenvalue weighted by Gasteiger charge is -2.40. The van der Waals surface area contributed by atoms with Crippen molar-refractivity contribution in [2.75, 3.05) is 13.1 Å². The zero-order chi connectivity index (χ0) is 15.0. The van der Waals surface area contributed by atoms with Crippen molar-refractivity contribution in [2.24, 2.45) is 17.6 Å². The first-order valence-electron chi connectivity index (χ1n) is 8.69. The van der Waals surface area contributed by atoms with Gasteiger partial charge in [-0.2, -0.15) is 0 Å². The van der Waals surface area contributed by atoms with E-state index in [0.29, 0.717) is 17.9 Å². The molecule has 20 heavy (non-hydrogen) atoms. The van der Waals surface area contributed by atoms with E-state index < -0.39 is 0 Å². The molecule has 0 bridgehead atoms.